The van der Waals surface area contributed by atoms with Gasteiger partial charge >= 0.3 is 0 Å². The number of fused-ring (bicyclic) bond motifs is 2. The van der Waals surface area contributed by atoms with Gasteiger partial charge in [-0.05, 0) is 31.0 Å². The van der Waals surface area contributed by atoms with Crippen molar-refractivity contribution >= 4 is 50.6 Å². The van der Waals surface area contributed by atoms with Crippen LogP contribution in [0.15, 0.2) is 60.9 Å². The number of halogens is 1. The maximum absolute atomic E-state index is 13.2. The van der Waals surface area contributed by atoms with Gasteiger partial charge in [-0.15, -0.1) is 0 Å². The second-order valence-corrected chi connectivity index (χ2v) is 9.32. The highest BCUT2D eigenvalue weighted by atomic mass is 127. The van der Waals surface area contributed by atoms with Gasteiger partial charge in [-0.25, -0.2) is 9.97 Å². The summed E-state index contributed by atoms with van der Waals surface area (Å²) in [6.07, 6.45) is 3.36. The van der Waals surface area contributed by atoms with Crippen molar-refractivity contribution in [2.24, 2.45) is 7.05 Å². The lowest BCUT2D eigenvalue weighted by Crippen LogP contribution is -2.40. The summed E-state index contributed by atoms with van der Waals surface area (Å²) in [4.78, 5) is 25.6. The molecule has 166 valence electrons. The molecular weight excluding hydrogens is 527 g/mol. The van der Waals surface area contributed by atoms with Gasteiger partial charge in [0, 0.05) is 23.1 Å². The molecule has 5 rings (SSSR count). The number of H-pyrrole nitrogens is 1. The fourth-order valence-corrected chi connectivity index (χ4v) is 4.51. The number of nitrogens with one attached hydrogen (secondary N) is 2. The van der Waals surface area contributed by atoms with Gasteiger partial charge in [0.25, 0.3) is 5.91 Å². The number of carbonyl (C=O) groups excluding carboxylic acids is 1. The highest BCUT2D eigenvalue weighted by Crippen LogP contribution is 2.29. The van der Waals surface area contributed by atoms with E-state index in [4.69, 9.17) is 10.1 Å². The van der Waals surface area contributed by atoms with Gasteiger partial charge in [0.05, 0.1) is 22.8 Å². The molecule has 0 aliphatic heterocycles. The summed E-state index contributed by atoms with van der Waals surface area (Å²) in [6.45, 7) is 3.96. The van der Waals surface area contributed by atoms with E-state index in [1.807, 2.05) is 55.9 Å². The zero-order valence-electron chi connectivity index (χ0n) is 18.6. The molecule has 0 bridgehead atoms. The molecule has 5 aromatic rings. The third-order valence-corrected chi connectivity index (χ3v) is 6.74. The van der Waals surface area contributed by atoms with Gasteiger partial charge in [-0.3, -0.25) is 9.48 Å². The van der Waals surface area contributed by atoms with Crippen LogP contribution in [0.25, 0.3) is 33.5 Å². The summed E-state index contributed by atoms with van der Waals surface area (Å²) in [5, 5.41) is 8.83. The molecule has 3 aromatic heterocycles. The number of alkyl halides is 1. The second-order valence-electron chi connectivity index (χ2n) is 8.56. The predicted octanol–water partition coefficient (Wildman–Crippen LogP) is 5.11. The first-order valence-corrected chi connectivity index (χ1v) is 12.1. The van der Waals surface area contributed by atoms with Crippen LogP contribution in [0.5, 0.6) is 0 Å². The number of amides is 1. The number of carbonyl (C=O) groups is 1. The van der Waals surface area contributed by atoms with E-state index in [0.717, 1.165) is 26.6 Å². The van der Waals surface area contributed by atoms with Crippen LogP contribution in [0, 0.1) is 0 Å². The van der Waals surface area contributed by atoms with Crippen molar-refractivity contribution in [3.63, 3.8) is 0 Å². The molecule has 0 aliphatic rings. The highest BCUT2D eigenvalue weighted by molar-refractivity contribution is 14.1. The third kappa shape index (κ3) is 3.88. The molecule has 0 unspecified atom stereocenters. The Balaban J connectivity index is 1.54. The maximum atomic E-state index is 13.2. The number of aromatic amines is 1. The quantitative estimate of drug-likeness (QED) is 0.235. The molecule has 0 radical (unpaired) electrons. The minimum atomic E-state index is -0.541. The Morgan fingerprint density at radius 3 is 2.73 bits per heavy atom. The molecule has 3 heterocycles. The van der Waals surface area contributed by atoms with Crippen molar-refractivity contribution in [2.45, 2.75) is 23.8 Å². The van der Waals surface area contributed by atoms with Crippen LogP contribution >= 0.6 is 22.6 Å². The topological polar surface area (TPSA) is 88.5 Å². The highest BCUT2D eigenvalue weighted by Gasteiger charge is 2.25. The van der Waals surface area contributed by atoms with Crippen molar-refractivity contribution in [1.82, 2.24) is 30.0 Å². The largest absolute Gasteiger partial charge is 0.344 e. The van der Waals surface area contributed by atoms with Gasteiger partial charge in [0.2, 0.25) is 0 Å². The number of nitrogens with zero attached hydrogens (tertiary/aromatic N) is 4. The normalized spacial score (nSPS) is 11.9. The van der Waals surface area contributed by atoms with Crippen molar-refractivity contribution in [3.05, 3.63) is 77.6 Å². The Kier molecular flexibility index (Phi) is 5.40. The van der Waals surface area contributed by atoms with Crippen LogP contribution in [0.1, 0.15) is 35.3 Å². The Morgan fingerprint density at radius 2 is 1.97 bits per heavy atom. The molecule has 0 aliphatic carbocycles. The number of benzene rings is 2. The average molecular weight is 550 g/mol. The number of hydrogen-bond donors (Lipinski definition) is 2. The first kappa shape index (κ1) is 21.6. The fraction of sp³-hybridized carbons (Fsp3) is 0.200. The second kappa shape index (κ2) is 8.26. The van der Waals surface area contributed by atoms with E-state index < -0.39 is 5.54 Å². The molecule has 8 heteroatoms. The van der Waals surface area contributed by atoms with Crippen LogP contribution in [-0.2, 0) is 17.0 Å². The lowest BCUT2D eigenvalue weighted by Gasteiger charge is -2.26. The van der Waals surface area contributed by atoms with E-state index in [2.05, 4.69) is 56.1 Å². The Hall–Kier alpha value is -3.27. The van der Waals surface area contributed by atoms with Crippen LogP contribution in [0.3, 0.4) is 0 Å². The van der Waals surface area contributed by atoms with Gasteiger partial charge in [0.15, 0.2) is 5.65 Å². The van der Waals surface area contributed by atoms with E-state index in [9.17, 15) is 4.79 Å². The molecule has 33 heavy (non-hydrogen) atoms. The lowest BCUT2D eigenvalue weighted by molar-refractivity contribution is 0.0913. The van der Waals surface area contributed by atoms with Crippen LogP contribution in [0.4, 0.5) is 0 Å². The standard InChI is InChI=1S/C25H23IN6O/c1-25(2,16-7-5-4-6-8-16)30-24(33)18-13-27-23-22(18)29-19(14-28-23)21-17-10-9-15(12-26)11-20(17)32(3)31-21/h4-11,13-14H,12H2,1-3H3,(H,27,28)(H,30,33). The fourth-order valence-electron chi connectivity index (χ4n) is 4.03. The van der Waals surface area contributed by atoms with Crippen molar-refractivity contribution in [3.8, 4) is 11.4 Å². The van der Waals surface area contributed by atoms with Gasteiger partial charge < -0.3 is 10.3 Å². The SMILES string of the molecule is Cn1nc(-c2cnc3[nH]cc(C(=O)NC(C)(C)c4ccccc4)c3n2)c2ccc(CI)cc21. The van der Waals surface area contributed by atoms with Crippen molar-refractivity contribution in [2.75, 3.05) is 0 Å². The van der Waals surface area contributed by atoms with Gasteiger partial charge in [-0.1, -0.05) is 65.1 Å². The minimum Gasteiger partial charge on any atom is -0.344 e. The number of hydrogen-bond acceptors (Lipinski definition) is 4. The zero-order chi connectivity index (χ0) is 23.2. The van der Waals surface area contributed by atoms with Crippen LogP contribution < -0.4 is 5.32 Å². The number of aromatic nitrogens is 5. The van der Waals surface area contributed by atoms with Gasteiger partial charge in [0.1, 0.15) is 16.9 Å². The van der Waals surface area contributed by atoms with E-state index in [0.29, 0.717) is 22.4 Å². The predicted molar refractivity (Wildman–Crippen MR) is 138 cm³/mol. The molecule has 0 saturated carbocycles. The molecule has 1 amide bonds. The van der Waals surface area contributed by atoms with Crippen LogP contribution in [-0.4, -0.2) is 30.6 Å². The minimum absolute atomic E-state index is 0.209. The average Bonchev–Trinajstić information content (AvgIpc) is 3.40. The molecule has 2 N–H and O–H groups in total. The third-order valence-electron chi connectivity index (χ3n) is 5.86. The Morgan fingerprint density at radius 1 is 1.18 bits per heavy atom. The zero-order valence-corrected chi connectivity index (χ0v) is 20.7. The lowest BCUT2D eigenvalue weighted by atomic mass is 9.94. The molecule has 2 aromatic carbocycles. The van der Waals surface area contributed by atoms with Crippen LogP contribution in [0.2, 0.25) is 0 Å². The molecule has 0 atom stereocenters. The summed E-state index contributed by atoms with van der Waals surface area (Å²) in [5.41, 5.74) is 5.69. The molecule has 0 saturated heterocycles. The molecule has 0 fully saturated rings. The maximum Gasteiger partial charge on any atom is 0.255 e. The monoisotopic (exact) mass is 550 g/mol. The first-order valence-electron chi connectivity index (χ1n) is 10.6. The number of rotatable bonds is 5. The van der Waals surface area contributed by atoms with Crippen molar-refractivity contribution < 1.29 is 4.79 Å². The molecule has 7 nitrogen and oxygen atoms in total. The Bertz CT molecular complexity index is 1490. The summed E-state index contributed by atoms with van der Waals surface area (Å²) < 4.78 is 2.79. The van der Waals surface area contributed by atoms with E-state index in [1.54, 1.807) is 12.4 Å². The summed E-state index contributed by atoms with van der Waals surface area (Å²) in [7, 11) is 1.93. The first-order chi connectivity index (χ1) is 15.9. The Labute approximate surface area is 204 Å². The van der Waals surface area contributed by atoms with E-state index in [1.165, 1.54) is 5.56 Å². The summed E-state index contributed by atoms with van der Waals surface area (Å²) >= 11 is 2.35. The van der Waals surface area contributed by atoms with Gasteiger partial charge in [-0.2, -0.15) is 5.10 Å². The molecular formula is C25H23IN6O. The van der Waals surface area contributed by atoms with Crippen molar-refractivity contribution in [1.29, 1.82) is 0 Å². The summed E-state index contributed by atoms with van der Waals surface area (Å²) in [6, 6.07) is 16.2. The molecule has 0 spiro atoms. The smallest absolute Gasteiger partial charge is 0.255 e. The van der Waals surface area contributed by atoms with E-state index >= 15 is 0 Å². The van der Waals surface area contributed by atoms with E-state index in [-0.39, 0.29) is 5.91 Å². The summed E-state index contributed by atoms with van der Waals surface area (Å²) in [5.74, 6) is -0.209. The number of aryl methyl sites for hydroxylation is 1.